The fourth-order valence-electron chi connectivity index (χ4n) is 3.89. The Bertz CT molecular complexity index is 1230. The van der Waals surface area contributed by atoms with Crippen LogP contribution in [-0.4, -0.2) is 20.8 Å². The summed E-state index contributed by atoms with van der Waals surface area (Å²) in [6.45, 7) is 1.95. The number of rotatable bonds is 10. The second-order valence-corrected chi connectivity index (χ2v) is 8.17. The number of benzene rings is 4. The first-order valence-corrected chi connectivity index (χ1v) is 11.4. The second-order valence-electron chi connectivity index (χ2n) is 7.76. The average Bonchev–Trinajstić information content (AvgIpc) is 2.86. The number of methoxy groups -OCH3 is 2. The highest BCUT2D eigenvalue weighted by atomic mass is 35.5. The van der Waals surface area contributed by atoms with Gasteiger partial charge in [-0.15, -0.1) is 12.4 Å². The van der Waals surface area contributed by atoms with Gasteiger partial charge in [0.2, 0.25) is 0 Å². The van der Waals surface area contributed by atoms with E-state index in [1.54, 1.807) is 14.2 Å². The standard InChI is InChI=1S/C28H28ClNO3.ClH/c1-31-27-13-11-20(17-28(27)32-2)15-16-30-18-24-23-9-5-3-7-21(23)12-14-26(24)33-19-22-8-4-6-10-25(22)29;/h3-14,17,30H,15-16,18-19H2,1-2H3;1H. The summed E-state index contributed by atoms with van der Waals surface area (Å²) in [6.07, 6.45) is 0.876. The van der Waals surface area contributed by atoms with E-state index in [4.69, 9.17) is 25.8 Å². The second kappa shape index (κ2) is 12.5. The van der Waals surface area contributed by atoms with E-state index in [9.17, 15) is 0 Å². The molecule has 34 heavy (non-hydrogen) atoms. The van der Waals surface area contributed by atoms with Crippen LogP contribution in [0.15, 0.2) is 78.9 Å². The Morgan fingerprint density at radius 2 is 1.53 bits per heavy atom. The molecule has 6 heteroatoms. The summed E-state index contributed by atoms with van der Waals surface area (Å²) >= 11 is 6.32. The van der Waals surface area contributed by atoms with Crippen LogP contribution in [0.2, 0.25) is 5.02 Å². The first-order chi connectivity index (χ1) is 16.2. The number of nitrogens with one attached hydrogen (secondary N) is 1. The minimum Gasteiger partial charge on any atom is -0.493 e. The van der Waals surface area contributed by atoms with Crippen LogP contribution in [0.5, 0.6) is 17.2 Å². The zero-order chi connectivity index (χ0) is 23.0. The molecule has 0 bridgehead atoms. The number of fused-ring (bicyclic) bond motifs is 1. The summed E-state index contributed by atoms with van der Waals surface area (Å²) in [5.41, 5.74) is 3.31. The van der Waals surface area contributed by atoms with E-state index < -0.39 is 0 Å². The molecule has 0 atom stereocenters. The zero-order valence-corrected chi connectivity index (χ0v) is 20.9. The molecule has 4 aromatic rings. The predicted molar refractivity (Wildman–Crippen MR) is 142 cm³/mol. The molecule has 0 aliphatic rings. The van der Waals surface area contributed by atoms with Gasteiger partial charge in [-0.05, 0) is 53.6 Å². The highest BCUT2D eigenvalue weighted by molar-refractivity contribution is 6.31. The molecule has 0 unspecified atom stereocenters. The average molecular weight is 498 g/mol. The van der Waals surface area contributed by atoms with Crippen LogP contribution in [0.1, 0.15) is 16.7 Å². The van der Waals surface area contributed by atoms with Crippen LogP contribution in [0.25, 0.3) is 10.8 Å². The summed E-state index contributed by atoms with van der Waals surface area (Å²) in [7, 11) is 3.30. The largest absolute Gasteiger partial charge is 0.493 e. The van der Waals surface area contributed by atoms with E-state index in [0.717, 1.165) is 41.3 Å². The smallest absolute Gasteiger partial charge is 0.160 e. The van der Waals surface area contributed by atoms with Crippen LogP contribution < -0.4 is 19.5 Å². The van der Waals surface area contributed by atoms with Crippen molar-refractivity contribution in [2.45, 2.75) is 19.6 Å². The SMILES string of the molecule is COc1ccc(CCNCc2c(OCc3ccccc3Cl)ccc3ccccc23)cc1OC.Cl. The lowest BCUT2D eigenvalue weighted by Crippen LogP contribution is -2.17. The molecule has 4 rings (SSSR count). The Balaban J connectivity index is 0.00000324. The lowest BCUT2D eigenvalue weighted by atomic mass is 10.0. The molecule has 0 amide bonds. The van der Waals surface area contributed by atoms with Crippen molar-refractivity contribution in [2.75, 3.05) is 20.8 Å². The molecule has 0 radical (unpaired) electrons. The van der Waals surface area contributed by atoms with Gasteiger partial charge in [0, 0.05) is 22.7 Å². The van der Waals surface area contributed by atoms with Gasteiger partial charge in [-0.1, -0.05) is 66.2 Å². The quantitative estimate of drug-likeness (QED) is 0.243. The highest BCUT2D eigenvalue weighted by Crippen LogP contribution is 2.30. The van der Waals surface area contributed by atoms with Crippen molar-refractivity contribution < 1.29 is 14.2 Å². The molecule has 0 aromatic heterocycles. The molecular weight excluding hydrogens is 469 g/mol. The van der Waals surface area contributed by atoms with Gasteiger partial charge in [-0.25, -0.2) is 0 Å². The van der Waals surface area contributed by atoms with Gasteiger partial charge in [0.05, 0.1) is 14.2 Å². The van der Waals surface area contributed by atoms with E-state index >= 15 is 0 Å². The molecule has 0 heterocycles. The topological polar surface area (TPSA) is 39.7 Å². The monoisotopic (exact) mass is 497 g/mol. The molecule has 178 valence electrons. The fraction of sp³-hybridized carbons (Fsp3) is 0.214. The molecule has 4 nitrogen and oxygen atoms in total. The van der Waals surface area contributed by atoms with Crippen molar-refractivity contribution >= 4 is 34.8 Å². The molecular formula is C28H29Cl2NO3. The Morgan fingerprint density at radius 3 is 2.32 bits per heavy atom. The minimum atomic E-state index is 0. The molecule has 0 aliphatic heterocycles. The van der Waals surface area contributed by atoms with E-state index in [1.165, 1.54) is 16.3 Å². The maximum atomic E-state index is 6.32. The molecule has 0 saturated heterocycles. The summed E-state index contributed by atoms with van der Waals surface area (Å²) in [4.78, 5) is 0. The van der Waals surface area contributed by atoms with Crippen molar-refractivity contribution in [3.8, 4) is 17.2 Å². The van der Waals surface area contributed by atoms with Gasteiger partial charge >= 0.3 is 0 Å². The van der Waals surface area contributed by atoms with Crippen molar-refractivity contribution in [1.29, 1.82) is 0 Å². The van der Waals surface area contributed by atoms with E-state index in [-0.39, 0.29) is 12.4 Å². The van der Waals surface area contributed by atoms with Gasteiger partial charge in [-0.2, -0.15) is 0 Å². The Morgan fingerprint density at radius 1 is 0.794 bits per heavy atom. The van der Waals surface area contributed by atoms with Crippen LogP contribution in [0, 0.1) is 0 Å². The first kappa shape index (κ1) is 25.7. The third-order valence-electron chi connectivity index (χ3n) is 5.68. The fourth-order valence-corrected chi connectivity index (χ4v) is 4.08. The molecule has 0 saturated carbocycles. The summed E-state index contributed by atoms with van der Waals surface area (Å²) in [5, 5.41) is 6.68. The Kier molecular flexibility index (Phi) is 9.46. The summed E-state index contributed by atoms with van der Waals surface area (Å²) in [6, 6.07) is 26.3. The van der Waals surface area contributed by atoms with E-state index in [0.29, 0.717) is 18.2 Å². The number of hydrogen-bond acceptors (Lipinski definition) is 4. The van der Waals surface area contributed by atoms with E-state index in [2.05, 4.69) is 41.7 Å². The normalized spacial score (nSPS) is 10.6. The van der Waals surface area contributed by atoms with Gasteiger partial charge in [0.15, 0.2) is 11.5 Å². The predicted octanol–water partition coefficient (Wildman–Crippen LogP) is 6.84. The first-order valence-electron chi connectivity index (χ1n) is 11.0. The maximum absolute atomic E-state index is 6.32. The molecule has 4 aromatic carbocycles. The van der Waals surface area contributed by atoms with Gasteiger partial charge < -0.3 is 19.5 Å². The Labute approximate surface area is 212 Å². The van der Waals surface area contributed by atoms with Crippen LogP contribution in [-0.2, 0) is 19.6 Å². The van der Waals surface area contributed by atoms with Gasteiger partial charge in [0.1, 0.15) is 12.4 Å². The third-order valence-corrected chi connectivity index (χ3v) is 6.05. The molecule has 0 fully saturated rings. The third kappa shape index (κ3) is 6.15. The van der Waals surface area contributed by atoms with Crippen LogP contribution in [0.4, 0.5) is 0 Å². The zero-order valence-electron chi connectivity index (χ0n) is 19.3. The molecule has 0 spiro atoms. The molecule has 0 aliphatic carbocycles. The van der Waals surface area contributed by atoms with Crippen molar-refractivity contribution in [2.24, 2.45) is 0 Å². The number of hydrogen-bond donors (Lipinski definition) is 1. The van der Waals surface area contributed by atoms with Crippen molar-refractivity contribution in [3.63, 3.8) is 0 Å². The van der Waals surface area contributed by atoms with Gasteiger partial charge in [-0.3, -0.25) is 0 Å². The summed E-state index contributed by atoms with van der Waals surface area (Å²) < 4.78 is 17.0. The van der Waals surface area contributed by atoms with Crippen molar-refractivity contribution in [3.05, 3.63) is 101 Å². The van der Waals surface area contributed by atoms with Crippen molar-refractivity contribution in [1.82, 2.24) is 5.32 Å². The summed E-state index contributed by atoms with van der Waals surface area (Å²) in [5.74, 6) is 2.36. The number of halogens is 2. The Hall–Kier alpha value is -2.92. The minimum absolute atomic E-state index is 0. The maximum Gasteiger partial charge on any atom is 0.160 e. The lowest BCUT2D eigenvalue weighted by molar-refractivity contribution is 0.303. The van der Waals surface area contributed by atoms with E-state index in [1.807, 2.05) is 42.5 Å². The van der Waals surface area contributed by atoms with Crippen LogP contribution in [0.3, 0.4) is 0 Å². The lowest BCUT2D eigenvalue weighted by Gasteiger charge is -2.16. The van der Waals surface area contributed by atoms with Crippen LogP contribution >= 0.6 is 24.0 Å². The number of ether oxygens (including phenoxy) is 3. The van der Waals surface area contributed by atoms with Gasteiger partial charge in [0.25, 0.3) is 0 Å². The highest BCUT2D eigenvalue weighted by Gasteiger charge is 2.10. The molecule has 1 N–H and O–H groups in total.